The van der Waals surface area contributed by atoms with E-state index in [1.807, 2.05) is 6.07 Å². The Kier molecular flexibility index (Phi) is 1.53. The molecule has 0 fully saturated rings. The zero-order chi connectivity index (χ0) is 9.42. The first-order valence-electron chi connectivity index (χ1n) is 3.36. The third-order valence-electron chi connectivity index (χ3n) is 1.58. The second-order valence-corrected chi connectivity index (χ2v) is 3.25. The highest BCUT2D eigenvalue weighted by Crippen LogP contribution is 2.18. The summed E-state index contributed by atoms with van der Waals surface area (Å²) in [5.41, 5.74) is -0.660. The molecule has 2 heterocycles. The van der Waals surface area contributed by atoms with E-state index in [-0.39, 0.29) is 0 Å². The van der Waals surface area contributed by atoms with Crippen LogP contribution in [0.3, 0.4) is 0 Å². The van der Waals surface area contributed by atoms with Gasteiger partial charge >= 0.3 is 11.1 Å². The lowest BCUT2D eigenvalue weighted by molar-refractivity contribution is 1.16. The van der Waals surface area contributed by atoms with Gasteiger partial charge in [0.05, 0.1) is 11.1 Å². The zero-order valence-corrected chi connectivity index (χ0v) is 7.07. The smallest absolute Gasteiger partial charge is 0.314 e. The molecule has 0 aliphatic rings. The molecule has 0 saturated heterocycles. The summed E-state index contributed by atoms with van der Waals surface area (Å²) in [6, 6.07) is 1.91. The Morgan fingerprint density at radius 3 is 2.69 bits per heavy atom. The number of thiophene rings is 1. The van der Waals surface area contributed by atoms with E-state index in [2.05, 4.69) is 9.97 Å². The quantitative estimate of drug-likeness (QED) is 0.583. The molecule has 0 unspecified atom stereocenters. The van der Waals surface area contributed by atoms with Crippen LogP contribution in [0.25, 0.3) is 10.3 Å². The molecule has 2 rings (SSSR count). The molecule has 0 radical (unpaired) electrons. The third kappa shape index (κ3) is 1.06. The second kappa shape index (κ2) is 2.57. The molecule has 0 aromatic carbocycles. The first-order chi connectivity index (χ1) is 6.22. The summed E-state index contributed by atoms with van der Waals surface area (Å²) in [7, 11) is 0. The first-order valence-corrected chi connectivity index (χ1v) is 4.24. The fraction of sp³-hybridized carbons (Fsp3) is 0. The Balaban J connectivity index is 3.03. The highest BCUT2D eigenvalue weighted by molar-refractivity contribution is 7.16. The van der Waals surface area contributed by atoms with E-state index in [0.29, 0.717) is 15.9 Å². The van der Waals surface area contributed by atoms with Gasteiger partial charge in [-0.15, -0.1) is 11.3 Å². The zero-order valence-electron chi connectivity index (χ0n) is 6.25. The van der Waals surface area contributed by atoms with E-state index >= 15 is 0 Å². The largest absolute Gasteiger partial charge is 0.314 e. The number of nitriles is 1. The predicted molar refractivity (Wildman–Crippen MR) is 47.8 cm³/mol. The van der Waals surface area contributed by atoms with Gasteiger partial charge in [0.25, 0.3) is 0 Å². The second-order valence-electron chi connectivity index (χ2n) is 2.37. The van der Waals surface area contributed by atoms with Crippen LogP contribution < -0.4 is 11.1 Å². The molecule has 5 nitrogen and oxygen atoms in total. The summed E-state index contributed by atoms with van der Waals surface area (Å²) in [5.74, 6) is 0. The molecule has 0 amide bonds. The van der Waals surface area contributed by atoms with Crippen LogP contribution in [0.1, 0.15) is 5.56 Å². The van der Waals surface area contributed by atoms with Gasteiger partial charge < -0.3 is 9.97 Å². The molecule has 13 heavy (non-hydrogen) atoms. The lowest BCUT2D eigenvalue weighted by Crippen LogP contribution is -2.28. The molecule has 0 aliphatic heterocycles. The van der Waals surface area contributed by atoms with E-state index in [9.17, 15) is 9.59 Å². The molecule has 2 aromatic heterocycles. The number of nitrogens with zero attached hydrogens (tertiary/aromatic N) is 1. The van der Waals surface area contributed by atoms with Crippen LogP contribution in [0.2, 0.25) is 0 Å². The van der Waals surface area contributed by atoms with E-state index in [0.717, 1.165) is 0 Å². The summed E-state index contributed by atoms with van der Waals surface area (Å²) in [4.78, 5) is 27.0. The van der Waals surface area contributed by atoms with Crippen molar-refractivity contribution in [2.24, 2.45) is 0 Å². The van der Waals surface area contributed by atoms with Crippen LogP contribution in [-0.4, -0.2) is 9.97 Å². The van der Waals surface area contributed by atoms with E-state index in [1.165, 1.54) is 11.3 Å². The molecule has 0 bridgehead atoms. The predicted octanol–water partition coefficient (Wildman–Crippen LogP) is 0.150. The van der Waals surface area contributed by atoms with Crippen molar-refractivity contribution in [2.75, 3.05) is 0 Å². The first kappa shape index (κ1) is 7.76. The Morgan fingerprint density at radius 1 is 1.31 bits per heavy atom. The van der Waals surface area contributed by atoms with Gasteiger partial charge in [-0.2, -0.15) is 5.26 Å². The minimum absolute atomic E-state index is 0.369. The summed E-state index contributed by atoms with van der Waals surface area (Å²) in [6.07, 6.45) is 0. The van der Waals surface area contributed by atoms with Crippen LogP contribution in [0.4, 0.5) is 0 Å². The Morgan fingerprint density at radius 2 is 2.00 bits per heavy atom. The minimum atomic E-state index is -0.734. The van der Waals surface area contributed by atoms with E-state index in [1.54, 1.807) is 5.38 Å². The summed E-state index contributed by atoms with van der Waals surface area (Å²) < 4.78 is 0. The minimum Gasteiger partial charge on any atom is -0.314 e. The van der Waals surface area contributed by atoms with Crippen molar-refractivity contribution >= 4 is 21.7 Å². The number of fused-ring (bicyclic) bond motifs is 1. The average molecular weight is 193 g/mol. The van der Waals surface area contributed by atoms with Crippen molar-refractivity contribution in [2.45, 2.75) is 0 Å². The normalized spacial score (nSPS) is 10.1. The van der Waals surface area contributed by atoms with Crippen molar-refractivity contribution in [3.05, 3.63) is 31.7 Å². The summed E-state index contributed by atoms with van der Waals surface area (Å²) in [5, 5.41) is 10.2. The maximum Gasteiger partial charge on any atom is 0.314 e. The lowest BCUT2D eigenvalue weighted by Gasteiger charge is -1.87. The molecule has 6 heteroatoms. The Bertz CT molecular complexity index is 613. The maximum absolute atomic E-state index is 10.9. The van der Waals surface area contributed by atoms with Gasteiger partial charge in [0.2, 0.25) is 0 Å². The van der Waals surface area contributed by atoms with Crippen molar-refractivity contribution < 1.29 is 0 Å². The van der Waals surface area contributed by atoms with Gasteiger partial charge in [-0.05, 0) is 0 Å². The van der Waals surface area contributed by atoms with Crippen LogP contribution >= 0.6 is 11.3 Å². The molecule has 64 valence electrons. The number of H-pyrrole nitrogens is 2. The number of aromatic nitrogens is 2. The molecule has 0 saturated carbocycles. The highest BCUT2D eigenvalue weighted by Gasteiger charge is 2.05. The number of nitrogens with one attached hydrogen (secondary N) is 2. The fourth-order valence-electron chi connectivity index (χ4n) is 0.987. The molecule has 0 spiro atoms. The van der Waals surface area contributed by atoms with Crippen molar-refractivity contribution in [3.63, 3.8) is 0 Å². The Hall–Kier alpha value is -1.87. The highest BCUT2D eigenvalue weighted by atomic mass is 32.1. The van der Waals surface area contributed by atoms with Gasteiger partial charge in [0.1, 0.15) is 10.9 Å². The number of aromatic amines is 2. The van der Waals surface area contributed by atoms with Crippen molar-refractivity contribution in [3.8, 4) is 6.07 Å². The van der Waals surface area contributed by atoms with Crippen LogP contribution in [0, 0.1) is 11.3 Å². The fourth-order valence-corrected chi connectivity index (χ4v) is 1.82. The van der Waals surface area contributed by atoms with Crippen LogP contribution in [0.15, 0.2) is 15.0 Å². The van der Waals surface area contributed by atoms with Crippen LogP contribution in [-0.2, 0) is 0 Å². The average Bonchev–Trinajstić information content (AvgIpc) is 2.48. The maximum atomic E-state index is 10.9. The van der Waals surface area contributed by atoms with Crippen molar-refractivity contribution in [1.29, 1.82) is 5.26 Å². The number of hydrogen-bond acceptors (Lipinski definition) is 4. The molecule has 2 N–H and O–H groups in total. The molecule has 2 aromatic rings. The molecular formula is C7H3N3O2S. The summed E-state index contributed by atoms with van der Waals surface area (Å²) >= 11 is 1.21. The molecule has 0 atom stereocenters. The Labute approximate surface area is 75.3 Å². The van der Waals surface area contributed by atoms with Gasteiger partial charge in [0, 0.05) is 5.38 Å². The molecule has 0 aliphatic carbocycles. The monoisotopic (exact) mass is 193 g/mol. The summed E-state index contributed by atoms with van der Waals surface area (Å²) in [6.45, 7) is 0. The van der Waals surface area contributed by atoms with Gasteiger partial charge in [-0.1, -0.05) is 0 Å². The number of hydrogen-bond donors (Lipinski definition) is 2. The third-order valence-corrected chi connectivity index (χ3v) is 2.48. The lowest BCUT2D eigenvalue weighted by atomic mass is 10.3. The standard InChI is InChI=1S/C7H3N3O2S/c8-1-3-2-13-7-4(3)9-5(11)6(12)10-7/h2H,(H,9,11)(H,10,12). The topological polar surface area (TPSA) is 89.5 Å². The van der Waals surface area contributed by atoms with E-state index < -0.39 is 11.1 Å². The van der Waals surface area contributed by atoms with Gasteiger partial charge in [-0.25, -0.2) is 0 Å². The molecular weight excluding hydrogens is 190 g/mol. The van der Waals surface area contributed by atoms with Crippen LogP contribution in [0.5, 0.6) is 0 Å². The van der Waals surface area contributed by atoms with Gasteiger partial charge in [-0.3, -0.25) is 9.59 Å². The van der Waals surface area contributed by atoms with E-state index in [4.69, 9.17) is 5.26 Å². The number of rotatable bonds is 0. The SMILES string of the molecule is N#Cc1csc2[nH]c(=O)c(=O)[nH]c12. The van der Waals surface area contributed by atoms with Crippen molar-refractivity contribution in [1.82, 2.24) is 9.97 Å². The van der Waals surface area contributed by atoms with Gasteiger partial charge in [0.15, 0.2) is 0 Å².